The number of rotatable bonds is 6. The number of carbonyl (C=O) groups excluding carboxylic acids is 1. The van der Waals surface area contributed by atoms with Gasteiger partial charge in [0.05, 0.1) is 17.6 Å². The molecule has 100 valence electrons. The summed E-state index contributed by atoms with van der Waals surface area (Å²) in [5.41, 5.74) is -0.755. The van der Waals surface area contributed by atoms with Crippen LogP contribution in [-0.2, 0) is 14.3 Å². The molecule has 5 nitrogen and oxygen atoms in total. The maximum absolute atomic E-state index is 12.2. The lowest BCUT2D eigenvalue weighted by Crippen LogP contribution is -2.49. The summed E-state index contributed by atoms with van der Waals surface area (Å²) in [5.74, 6) is 0.0504. The SMILES string of the molecule is COCC1(C(=O)NCC(C)(C)OC)CCNC1. The normalized spacial score (nSPS) is 24.9. The van der Waals surface area contributed by atoms with Crippen molar-refractivity contribution in [2.75, 3.05) is 40.5 Å². The van der Waals surface area contributed by atoms with E-state index in [0.717, 1.165) is 13.0 Å². The Morgan fingerprint density at radius 2 is 2.18 bits per heavy atom. The minimum absolute atomic E-state index is 0.0504. The first kappa shape index (κ1) is 14.4. The maximum Gasteiger partial charge on any atom is 0.230 e. The summed E-state index contributed by atoms with van der Waals surface area (Å²) < 4.78 is 10.5. The van der Waals surface area contributed by atoms with Gasteiger partial charge in [0.2, 0.25) is 5.91 Å². The predicted molar refractivity (Wildman–Crippen MR) is 65.9 cm³/mol. The van der Waals surface area contributed by atoms with Crippen LogP contribution in [0.25, 0.3) is 0 Å². The molecule has 1 unspecified atom stereocenters. The van der Waals surface area contributed by atoms with Gasteiger partial charge in [-0.15, -0.1) is 0 Å². The molecule has 1 aliphatic heterocycles. The van der Waals surface area contributed by atoms with Crippen LogP contribution in [0.2, 0.25) is 0 Å². The molecule has 0 saturated carbocycles. The molecule has 0 aliphatic carbocycles. The smallest absolute Gasteiger partial charge is 0.230 e. The van der Waals surface area contributed by atoms with E-state index in [9.17, 15) is 4.79 Å². The van der Waals surface area contributed by atoms with Crippen LogP contribution >= 0.6 is 0 Å². The van der Waals surface area contributed by atoms with Crippen LogP contribution in [0.5, 0.6) is 0 Å². The van der Waals surface area contributed by atoms with Gasteiger partial charge in [-0.2, -0.15) is 0 Å². The number of ether oxygens (including phenoxy) is 2. The molecule has 1 saturated heterocycles. The van der Waals surface area contributed by atoms with E-state index >= 15 is 0 Å². The maximum atomic E-state index is 12.2. The van der Waals surface area contributed by atoms with Gasteiger partial charge in [-0.05, 0) is 26.8 Å². The lowest BCUT2D eigenvalue weighted by molar-refractivity contribution is -0.134. The third kappa shape index (κ3) is 3.66. The Kier molecular flexibility index (Phi) is 4.91. The van der Waals surface area contributed by atoms with Gasteiger partial charge in [0.1, 0.15) is 0 Å². The molecule has 0 radical (unpaired) electrons. The molecule has 1 rings (SSSR count). The number of carbonyl (C=O) groups is 1. The predicted octanol–water partition coefficient (Wildman–Crippen LogP) is 0.154. The van der Waals surface area contributed by atoms with E-state index in [4.69, 9.17) is 9.47 Å². The van der Waals surface area contributed by atoms with Gasteiger partial charge in [-0.3, -0.25) is 4.79 Å². The van der Waals surface area contributed by atoms with E-state index in [1.807, 2.05) is 13.8 Å². The summed E-state index contributed by atoms with van der Waals surface area (Å²) >= 11 is 0. The van der Waals surface area contributed by atoms with Gasteiger partial charge in [0.25, 0.3) is 0 Å². The Balaban J connectivity index is 2.55. The second-order valence-corrected chi connectivity index (χ2v) is 5.29. The van der Waals surface area contributed by atoms with Crippen LogP contribution in [-0.4, -0.2) is 52.0 Å². The van der Waals surface area contributed by atoms with Crippen molar-refractivity contribution in [3.05, 3.63) is 0 Å². The average Bonchev–Trinajstić information content (AvgIpc) is 2.76. The standard InChI is InChI=1S/C12H24N2O3/c1-11(2,17-4)7-14-10(15)12(9-16-3)5-6-13-8-12/h13H,5-9H2,1-4H3,(H,14,15). The lowest BCUT2D eigenvalue weighted by Gasteiger charge is -2.29. The van der Waals surface area contributed by atoms with Crippen molar-refractivity contribution in [3.8, 4) is 0 Å². The number of hydrogen-bond acceptors (Lipinski definition) is 4. The molecule has 0 aromatic carbocycles. The van der Waals surface area contributed by atoms with Gasteiger partial charge in [0, 0.05) is 27.3 Å². The van der Waals surface area contributed by atoms with Crippen LogP contribution < -0.4 is 10.6 Å². The number of methoxy groups -OCH3 is 2. The van der Waals surface area contributed by atoms with E-state index in [1.54, 1.807) is 14.2 Å². The van der Waals surface area contributed by atoms with Crippen molar-refractivity contribution in [1.82, 2.24) is 10.6 Å². The number of hydrogen-bond donors (Lipinski definition) is 2. The molecule has 0 aromatic rings. The quantitative estimate of drug-likeness (QED) is 0.698. The highest BCUT2D eigenvalue weighted by atomic mass is 16.5. The first-order valence-electron chi connectivity index (χ1n) is 5.99. The Morgan fingerprint density at radius 3 is 2.65 bits per heavy atom. The zero-order valence-corrected chi connectivity index (χ0v) is 11.3. The van der Waals surface area contributed by atoms with Crippen LogP contribution in [0, 0.1) is 5.41 Å². The fraction of sp³-hybridized carbons (Fsp3) is 0.917. The number of amides is 1. The first-order chi connectivity index (χ1) is 7.96. The third-order valence-electron chi connectivity index (χ3n) is 3.37. The molecule has 17 heavy (non-hydrogen) atoms. The molecule has 0 spiro atoms. The van der Waals surface area contributed by atoms with Crippen molar-refractivity contribution >= 4 is 5.91 Å². The largest absolute Gasteiger partial charge is 0.384 e. The van der Waals surface area contributed by atoms with Gasteiger partial charge < -0.3 is 20.1 Å². The van der Waals surface area contributed by atoms with Crippen LogP contribution in [0.3, 0.4) is 0 Å². The van der Waals surface area contributed by atoms with Crippen molar-refractivity contribution < 1.29 is 14.3 Å². The number of nitrogens with one attached hydrogen (secondary N) is 2. The molecule has 1 fully saturated rings. The van der Waals surface area contributed by atoms with Crippen molar-refractivity contribution in [2.45, 2.75) is 25.9 Å². The van der Waals surface area contributed by atoms with Crippen LogP contribution in [0.15, 0.2) is 0 Å². The Morgan fingerprint density at radius 1 is 1.47 bits per heavy atom. The van der Waals surface area contributed by atoms with Gasteiger partial charge in [-0.1, -0.05) is 0 Å². The molecule has 5 heteroatoms. The molecule has 1 aliphatic rings. The fourth-order valence-electron chi connectivity index (χ4n) is 1.96. The highest BCUT2D eigenvalue weighted by molar-refractivity contribution is 5.83. The molecule has 1 heterocycles. The van der Waals surface area contributed by atoms with Crippen molar-refractivity contribution in [2.24, 2.45) is 5.41 Å². The molecule has 0 aromatic heterocycles. The highest BCUT2D eigenvalue weighted by Crippen LogP contribution is 2.26. The van der Waals surface area contributed by atoms with Gasteiger partial charge in [0.15, 0.2) is 0 Å². The van der Waals surface area contributed by atoms with E-state index in [-0.39, 0.29) is 11.5 Å². The van der Waals surface area contributed by atoms with E-state index < -0.39 is 5.41 Å². The average molecular weight is 244 g/mol. The third-order valence-corrected chi connectivity index (χ3v) is 3.37. The lowest BCUT2D eigenvalue weighted by atomic mass is 9.87. The van der Waals surface area contributed by atoms with E-state index in [0.29, 0.717) is 19.7 Å². The summed E-state index contributed by atoms with van der Waals surface area (Å²) in [4.78, 5) is 12.2. The Bertz CT molecular complexity index is 260. The van der Waals surface area contributed by atoms with Crippen LogP contribution in [0.1, 0.15) is 20.3 Å². The summed E-state index contributed by atoms with van der Waals surface area (Å²) in [7, 11) is 3.28. The second-order valence-electron chi connectivity index (χ2n) is 5.29. The molecule has 1 atom stereocenters. The van der Waals surface area contributed by atoms with Gasteiger partial charge in [-0.25, -0.2) is 0 Å². The zero-order valence-electron chi connectivity index (χ0n) is 11.3. The summed E-state index contributed by atoms with van der Waals surface area (Å²) in [6.45, 7) is 6.41. The van der Waals surface area contributed by atoms with Crippen molar-refractivity contribution in [3.63, 3.8) is 0 Å². The summed E-state index contributed by atoms with van der Waals surface area (Å²) in [5, 5.41) is 6.18. The summed E-state index contributed by atoms with van der Waals surface area (Å²) in [6.07, 6.45) is 0.820. The topological polar surface area (TPSA) is 59.6 Å². The molecular formula is C12H24N2O3. The minimum atomic E-state index is -0.418. The van der Waals surface area contributed by atoms with Crippen molar-refractivity contribution in [1.29, 1.82) is 0 Å². The molecular weight excluding hydrogens is 220 g/mol. The van der Waals surface area contributed by atoms with Gasteiger partial charge >= 0.3 is 0 Å². The second kappa shape index (κ2) is 5.80. The fourth-order valence-corrected chi connectivity index (χ4v) is 1.96. The zero-order chi connectivity index (χ0) is 12.9. The Hall–Kier alpha value is -0.650. The molecule has 0 bridgehead atoms. The molecule has 1 amide bonds. The first-order valence-corrected chi connectivity index (χ1v) is 5.99. The van der Waals surface area contributed by atoms with E-state index in [2.05, 4.69) is 10.6 Å². The van der Waals surface area contributed by atoms with E-state index in [1.165, 1.54) is 0 Å². The minimum Gasteiger partial charge on any atom is -0.384 e. The highest BCUT2D eigenvalue weighted by Gasteiger charge is 2.41. The Labute approximate surface area is 103 Å². The van der Waals surface area contributed by atoms with Crippen LogP contribution in [0.4, 0.5) is 0 Å². The summed E-state index contributed by atoms with van der Waals surface area (Å²) in [6, 6.07) is 0. The molecule has 2 N–H and O–H groups in total. The monoisotopic (exact) mass is 244 g/mol.